The lowest BCUT2D eigenvalue weighted by Crippen LogP contribution is -1.92. The Morgan fingerprint density at radius 2 is 1.76 bits per heavy atom. The Bertz CT molecular complexity index is 563. The highest BCUT2D eigenvalue weighted by atomic mass is 19.1. The van der Waals surface area contributed by atoms with Gasteiger partial charge in [-0.15, -0.1) is 0 Å². The van der Waals surface area contributed by atoms with Crippen LogP contribution in [-0.2, 0) is 0 Å². The maximum atomic E-state index is 13.3. The summed E-state index contributed by atoms with van der Waals surface area (Å²) in [6.07, 6.45) is 0. The summed E-state index contributed by atoms with van der Waals surface area (Å²) < 4.78 is 23.7. The van der Waals surface area contributed by atoms with Gasteiger partial charge in [0.15, 0.2) is 11.5 Å². The molecule has 0 bridgehead atoms. The molecule has 1 aliphatic heterocycles. The summed E-state index contributed by atoms with van der Waals surface area (Å²) in [5, 5.41) is 0. The number of benzene rings is 2. The van der Waals surface area contributed by atoms with Crippen molar-refractivity contribution in [2.24, 2.45) is 0 Å². The fourth-order valence-corrected chi connectivity index (χ4v) is 1.86. The van der Waals surface area contributed by atoms with Crippen molar-refractivity contribution in [3.8, 4) is 22.6 Å². The maximum Gasteiger partial charge on any atom is 0.231 e. The number of hydrogen-bond acceptors (Lipinski definition) is 3. The number of ether oxygens (including phenoxy) is 2. The second kappa shape index (κ2) is 3.66. The summed E-state index contributed by atoms with van der Waals surface area (Å²) in [6, 6.07) is 9.92. The second-order valence-corrected chi connectivity index (χ2v) is 3.84. The van der Waals surface area contributed by atoms with Gasteiger partial charge in [0.1, 0.15) is 5.82 Å². The molecule has 3 nitrogen and oxygen atoms in total. The first kappa shape index (κ1) is 9.96. The Morgan fingerprint density at radius 1 is 0.941 bits per heavy atom. The van der Waals surface area contributed by atoms with Crippen molar-refractivity contribution in [3.05, 3.63) is 42.2 Å². The van der Waals surface area contributed by atoms with Crippen molar-refractivity contribution in [3.63, 3.8) is 0 Å². The van der Waals surface area contributed by atoms with Crippen LogP contribution in [0.1, 0.15) is 0 Å². The van der Waals surface area contributed by atoms with E-state index < -0.39 is 0 Å². The number of anilines is 1. The summed E-state index contributed by atoms with van der Waals surface area (Å²) in [5.74, 6) is 1.03. The molecule has 0 radical (unpaired) electrons. The Morgan fingerprint density at radius 3 is 2.59 bits per heavy atom. The zero-order valence-electron chi connectivity index (χ0n) is 8.94. The molecule has 2 aromatic carbocycles. The molecule has 0 amide bonds. The quantitative estimate of drug-likeness (QED) is 0.767. The zero-order valence-corrected chi connectivity index (χ0v) is 8.94. The van der Waals surface area contributed by atoms with Crippen molar-refractivity contribution in [2.45, 2.75) is 0 Å². The molecule has 17 heavy (non-hydrogen) atoms. The van der Waals surface area contributed by atoms with Crippen LogP contribution in [0.3, 0.4) is 0 Å². The minimum atomic E-state index is -0.349. The van der Waals surface area contributed by atoms with E-state index >= 15 is 0 Å². The van der Waals surface area contributed by atoms with Gasteiger partial charge in [-0.2, -0.15) is 0 Å². The first-order valence-electron chi connectivity index (χ1n) is 5.18. The predicted molar refractivity (Wildman–Crippen MR) is 62.4 cm³/mol. The first-order chi connectivity index (χ1) is 8.22. The SMILES string of the molecule is Nc1cc(F)cc(-c2ccc3c(c2)OCO3)c1. The summed E-state index contributed by atoms with van der Waals surface area (Å²) in [5.41, 5.74) is 7.58. The highest BCUT2D eigenvalue weighted by Gasteiger charge is 2.14. The summed E-state index contributed by atoms with van der Waals surface area (Å²) in [4.78, 5) is 0. The molecule has 3 rings (SSSR count). The molecular formula is C13H10FNO2. The van der Waals surface area contributed by atoms with Gasteiger partial charge in [0.25, 0.3) is 0 Å². The second-order valence-electron chi connectivity index (χ2n) is 3.84. The smallest absolute Gasteiger partial charge is 0.231 e. The monoisotopic (exact) mass is 231 g/mol. The molecule has 0 aromatic heterocycles. The van der Waals surface area contributed by atoms with E-state index in [1.807, 2.05) is 12.1 Å². The van der Waals surface area contributed by atoms with Gasteiger partial charge >= 0.3 is 0 Å². The normalized spacial score (nSPS) is 12.8. The van der Waals surface area contributed by atoms with Crippen LogP contribution in [0, 0.1) is 5.82 Å². The van der Waals surface area contributed by atoms with E-state index in [1.54, 1.807) is 12.1 Å². The largest absolute Gasteiger partial charge is 0.454 e. The van der Waals surface area contributed by atoms with Crippen LogP contribution in [0.5, 0.6) is 11.5 Å². The Balaban J connectivity index is 2.09. The minimum absolute atomic E-state index is 0.226. The molecule has 2 aromatic rings. The molecule has 2 N–H and O–H groups in total. The molecule has 1 aliphatic rings. The molecule has 0 fully saturated rings. The number of nitrogen functional groups attached to an aromatic ring is 1. The molecule has 86 valence electrons. The van der Waals surface area contributed by atoms with E-state index in [-0.39, 0.29) is 12.6 Å². The predicted octanol–water partition coefficient (Wildman–Crippen LogP) is 2.80. The van der Waals surface area contributed by atoms with Crippen LogP contribution in [-0.4, -0.2) is 6.79 Å². The van der Waals surface area contributed by atoms with Gasteiger partial charge in [0.05, 0.1) is 0 Å². The fourth-order valence-electron chi connectivity index (χ4n) is 1.86. The summed E-state index contributed by atoms with van der Waals surface area (Å²) in [7, 11) is 0. The molecule has 4 heteroatoms. The van der Waals surface area contributed by atoms with E-state index in [1.165, 1.54) is 12.1 Å². The van der Waals surface area contributed by atoms with Gasteiger partial charge in [0, 0.05) is 5.69 Å². The number of hydrogen-bond donors (Lipinski definition) is 1. The third kappa shape index (κ3) is 1.78. The Labute approximate surface area is 97.6 Å². The average molecular weight is 231 g/mol. The number of nitrogens with two attached hydrogens (primary N) is 1. The van der Waals surface area contributed by atoms with Gasteiger partial charge < -0.3 is 15.2 Å². The summed E-state index contributed by atoms with van der Waals surface area (Å²) >= 11 is 0. The standard InChI is InChI=1S/C13H10FNO2/c14-10-3-9(4-11(15)6-10)8-1-2-12-13(5-8)17-7-16-12/h1-6H,7,15H2. The van der Waals surface area contributed by atoms with Gasteiger partial charge in [-0.3, -0.25) is 0 Å². The van der Waals surface area contributed by atoms with E-state index in [0.29, 0.717) is 17.2 Å². The number of rotatable bonds is 1. The third-order valence-electron chi connectivity index (χ3n) is 2.63. The molecule has 0 saturated heterocycles. The van der Waals surface area contributed by atoms with Crippen LogP contribution >= 0.6 is 0 Å². The van der Waals surface area contributed by atoms with Gasteiger partial charge in [-0.25, -0.2) is 4.39 Å². The van der Waals surface area contributed by atoms with Crippen LogP contribution < -0.4 is 15.2 Å². The van der Waals surface area contributed by atoms with Crippen LogP contribution in [0.4, 0.5) is 10.1 Å². The average Bonchev–Trinajstić information content (AvgIpc) is 2.74. The molecule has 0 atom stereocenters. The molecular weight excluding hydrogens is 221 g/mol. The number of fused-ring (bicyclic) bond motifs is 1. The lowest BCUT2D eigenvalue weighted by Gasteiger charge is -2.05. The fraction of sp³-hybridized carbons (Fsp3) is 0.0769. The molecule has 0 spiro atoms. The van der Waals surface area contributed by atoms with Crippen LogP contribution in [0.25, 0.3) is 11.1 Å². The lowest BCUT2D eigenvalue weighted by molar-refractivity contribution is 0.174. The van der Waals surface area contributed by atoms with Crippen LogP contribution in [0.2, 0.25) is 0 Å². The maximum absolute atomic E-state index is 13.3. The van der Waals surface area contributed by atoms with E-state index in [0.717, 1.165) is 11.1 Å². The Kier molecular flexibility index (Phi) is 2.14. The zero-order chi connectivity index (χ0) is 11.8. The van der Waals surface area contributed by atoms with Crippen molar-refractivity contribution in [1.29, 1.82) is 0 Å². The van der Waals surface area contributed by atoms with Gasteiger partial charge in [-0.1, -0.05) is 6.07 Å². The molecule has 1 heterocycles. The van der Waals surface area contributed by atoms with Gasteiger partial charge in [0.2, 0.25) is 6.79 Å². The first-order valence-corrected chi connectivity index (χ1v) is 5.18. The van der Waals surface area contributed by atoms with Crippen molar-refractivity contribution in [2.75, 3.05) is 12.5 Å². The van der Waals surface area contributed by atoms with Crippen LogP contribution in [0.15, 0.2) is 36.4 Å². The third-order valence-corrected chi connectivity index (χ3v) is 2.63. The molecule has 0 saturated carbocycles. The van der Waals surface area contributed by atoms with E-state index in [9.17, 15) is 4.39 Å². The minimum Gasteiger partial charge on any atom is -0.454 e. The lowest BCUT2D eigenvalue weighted by atomic mass is 10.0. The Hall–Kier alpha value is -2.23. The van der Waals surface area contributed by atoms with Crippen molar-refractivity contribution < 1.29 is 13.9 Å². The topological polar surface area (TPSA) is 44.5 Å². The van der Waals surface area contributed by atoms with Gasteiger partial charge in [-0.05, 0) is 41.5 Å². The van der Waals surface area contributed by atoms with Crippen molar-refractivity contribution >= 4 is 5.69 Å². The van der Waals surface area contributed by atoms with E-state index in [4.69, 9.17) is 15.2 Å². The highest BCUT2D eigenvalue weighted by Crippen LogP contribution is 2.36. The number of halogens is 1. The van der Waals surface area contributed by atoms with E-state index in [2.05, 4.69) is 0 Å². The van der Waals surface area contributed by atoms with Crippen molar-refractivity contribution in [1.82, 2.24) is 0 Å². The summed E-state index contributed by atoms with van der Waals surface area (Å²) in [6.45, 7) is 0.226. The molecule has 0 unspecified atom stereocenters. The highest BCUT2D eigenvalue weighted by molar-refractivity contribution is 5.70. The molecule has 0 aliphatic carbocycles.